The van der Waals surface area contributed by atoms with Crippen LogP contribution < -0.4 is 0 Å². The molecule has 6 nitrogen and oxygen atoms in total. The lowest BCUT2D eigenvalue weighted by molar-refractivity contribution is -0.139. The van der Waals surface area contributed by atoms with Gasteiger partial charge in [0.15, 0.2) is 9.84 Å². The van der Waals surface area contributed by atoms with E-state index in [1.165, 1.54) is 16.7 Å². The van der Waals surface area contributed by atoms with Gasteiger partial charge in [0.1, 0.15) is 0 Å². The van der Waals surface area contributed by atoms with Gasteiger partial charge in [-0.25, -0.2) is 8.42 Å². The van der Waals surface area contributed by atoms with Crippen molar-refractivity contribution in [2.24, 2.45) is 0 Å². The molecule has 1 amide bonds. The summed E-state index contributed by atoms with van der Waals surface area (Å²) < 4.78 is 23.1. The number of amides is 1. The number of rotatable bonds is 5. The number of sulfone groups is 1. The minimum atomic E-state index is -3.24. The van der Waals surface area contributed by atoms with E-state index in [4.69, 9.17) is 5.11 Å². The molecule has 0 aliphatic carbocycles. The summed E-state index contributed by atoms with van der Waals surface area (Å²) in [5, 5.41) is 9.12. The number of aliphatic carboxylic acids is 1. The monoisotopic (exact) mass is 309 g/mol. The molecule has 1 fully saturated rings. The van der Waals surface area contributed by atoms with Crippen molar-refractivity contribution in [1.29, 1.82) is 0 Å². The van der Waals surface area contributed by atoms with Gasteiger partial charge in [0.2, 0.25) is 5.91 Å². The van der Waals surface area contributed by atoms with Gasteiger partial charge in [0.25, 0.3) is 0 Å². The molecule has 1 saturated heterocycles. The van der Waals surface area contributed by atoms with Crippen LogP contribution in [-0.4, -0.2) is 65.4 Å². The molecule has 0 spiro atoms. The van der Waals surface area contributed by atoms with E-state index in [9.17, 15) is 18.0 Å². The van der Waals surface area contributed by atoms with E-state index in [1.54, 1.807) is 0 Å². The van der Waals surface area contributed by atoms with Gasteiger partial charge < -0.3 is 10.0 Å². The first kappa shape index (κ1) is 16.3. The maximum absolute atomic E-state index is 12.0. The van der Waals surface area contributed by atoms with Crippen LogP contribution in [0.2, 0.25) is 0 Å². The first-order valence-corrected chi connectivity index (χ1v) is 8.91. The zero-order chi connectivity index (χ0) is 14.6. The smallest absolute Gasteiger partial charge is 0.305 e. The normalized spacial score (nSPS) is 22.5. The fourth-order valence-corrected chi connectivity index (χ4v) is 4.07. The topological polar surface area (TPSA) is 91.8 Å². The first-order valence-electron chi connectivity index (χ1n) is 6.04. The summed E-state index contributed by atoms with van der Waals surface area (Å²) in [6.45, 7) is 4.03. The van der Waals surface area contributed by atoms with Crippen molar-refractivity contribution in [3.63, 3.8) is 0 Å². The molecular weight excluding hydrogens is 290 g/mol. The fraction of sp³-hybridized carbons (Fsp3) is 0.818. The molecule has 0 radical (unpaired) electrons. The van der Waals surface area contributed by atoms with Crippen LogP contribution in [0.15, 0.2) is 0 Å². The van der Waals surface area contributed by atoms with E-state index in [0.717, 1.165) is 0 Å². The van der Waals surface area contributed by atoms with Crippen LogP contribution in [0.3, 0.4) is 0 Å². The molecule has 0 bridgehead atoms. The van der Waals surface area contributed by atoms with E-state index in [2.05, 4.69) is 0 Å². The minimum absolute atomic E-state index is 0.0821. The highest BCUT2D eigenvalue weighted by Gasteiger charge is 2.35. The van der Waals surface area contributed by atoms with Crippen molar-refractivity contribution in [1.82, 2.24) is 4.90 Å². The highest BCUT2D eigenvalue weighted by Crippen LogP contribution is 2.18. The van der Waals surface area contributed by atoms with E-state index < -0.39 is 21.8 Å². The molecule has 0 saturated carbocycles. The summed E-state index contributed by atoms with van der Waals surface area (Å²) in [6, 6.07) is -0.739. The minimum Gasteiger partial charge on any atom is -0.481 e. The van der Waals surface area contributed by atoms with Gasteiger partial charge in [0, 0.05) is 6.54 Å². The molecule has 1 aliphatic heterocycles. The number of thioether (sulfide) groups is 1. The molecule has 1 heterocycles. The molecule has 0 aromatic heterocycles. The Kier molecular flexibility index (Phi) is 5.66. The van der Waals surface area contributed by atoms with Crippen molar-refractivity contribution in [2.45, 2.75) is 31.6 Å². The molecule has 1 unspecified atom stereocenters. The van der Waals surface area contributed by atoms with Gasteiger partial charge in [-0.05, 0) is 5.25 Å². The van der Waals surface area contributed by atoms with E-state index in [1.807, 2.05) is 13.8 Å². The quantitative estimate of drug-likeness (QED) is 0.781. The molecule has 1 atom stereocenters. The van der Waals surface area contributed by atoms with E-state index in [0.29, 0.717) is 5.25 Å². The van der Waals surface area contributed by atoms with Crippen LogP contribution in [0.4, 0.5) is 0 Å². The average Bonchev–Trinajstić information content (AvgIpc) is 2.24. The third kappa shape index (κ3) is 5.40. The second-order valence-electron chi connectivity index (χ2n) is 4.81. The van der Waals surface area contributed by atoms with Crippen molar-refractivity contribution < 1.29 is 23.1 Å². The maximum atomic E-state index is 12.0. The Hall–Kier alpha value is -0.760. The zero-order valence-corrected chi connectivity index (χ0v) is 12.7. The van der Waals surface area contributed by atoms with Crippen LogP contribution in [0.1, 0.15) is 20.3 Å². The molecule has 0 aromatic rings. The van der Waals surface area contributed by atoms with Crippen LogP contribution in [0.25, 0.3) is 0 Å². The summed E-state index contributed by atoms with van der Waals surface area (Å²) in [5.41, 5.74) is 0. The van der Waals surface area contributed by atoms with Gasteiger partial charge in [-0.15, -0.1) is 11.8 Å². The van der Waals surface area contributed by atoms with Gasteiger partial charge in [-0.3, -0.25) is 9.59 Å². The molecule has 1 rings (SSSR count). The summed E-state index contributed by atoms with van der Waals surface area (Å²) in [7, 11) is -3.24. The van der Waals surface area contributed by atoms with Gasteiger partial charge in [-0.1, -0.05) is 13.8 Å². The van der Waals surface area contributed by atoms with Gasteiger partial charge in [0.05, 0.1) is 29.7 Å². The summed E-state index contributed by atoms with van der Waals surface area (Å²) >= 11 is 1.47. The largest absolute Gasteiger partial charge is 0.481 e. The van der Waals surface area contributed by atoms with Crippen molar-refractivity contribution in [2.75, 3.05) is 23.8 Å². The molecule has 1 aliphatic rings. The third-order valence-electron chi connectivity index (χ3n) is 2.80. The number of carbonyl (C=O) groups excluding carboxylic acids is 1. The van der Waals surface area contributed by atoms with E-state index >= 15 is 0 Å². The molecule has 1 N–H and O–H groups in total. The van der Waals surface area contributed by atoms with Crippen LogP contribution in [-0.2, 0) is 19.4 Å². The first-order chi connectivity index (χ1) is 8.71. The Morgan fingerprint density at radius 2 is 2.05 bits per heavy atom. The van der Waals surface area contributed by atoms with Crippen LogP contribution >= 0.6 is 11.8 Å². The van der Waals surface area contributed by atoms with Crippen LogP contribution in [0, 0.1) is 0 Å². The lowest BCUT2D eigenvalue weighted by atomic mass is 10.2. The number of hydrogen-bond acceptors (Lipinski definition) is 5. The second-order valence-corrected chi connectivity index (χ2v) is 8.61. The Labute approximate surface area is 117 Å². The number of hydrogen-bond donors (Lipinski definition) is 1. The van der Waals surface area contributed by atoms with E-state index in [-0.39, 0.29) is 36.1 Å². The Morgan fingerprint density at radius 3 is 2.58 bits per heavy atom. The number of nitrogens with zero attached hydrogens (tertiary/aromatic N) is 1. The second kappa shape index (κ2) is 6.60. The fourth-order valence-electron chi connectivity index (χ4n) is 1.91. The highest BCUT2D eigenvalue weighted by atomic mass is 32.2. The van der Waals surface area contributed by atoms with Crippen LogP contribution in [0.5, 0.6) is 0 Å². The van der Waals surface area contributed by atoms with Crippen molar-refractivity contribution in [3.05, 3.63) is 0 Å². The SMILES string of the molecule is CC(C)SCC(=O)N1CCS(=O)(=O)CC1CC(=O)O. The maximum Gasteiger partial charge on any atom is 0.305 e. The summed E-state index contributed by atoms with van der Waals surface area (Å²) in [6.07, 6.45) is -0.322. The lowest BCUT2D eigenvalue weighted by Crippen LogP contribution is -2.52. The van der Waals surface area contributed by atoms with Gasteiger partial charge >= 0.3 is 5.97 Å². The highest BCUT2D eigenvalue weighted by molar-refractivity contribution is 8.00. The van der Waals surface area contributed by atoms with Crippen molar-refractivity contribution in [3.8, 4) is 0 Å². The Bertz CT molecular complexity index is 446. The predicted octanol–water partition coefficient (Wildman–Crippen LogP) is 0.228. The van der Waals surface area contributed by atoms with Gasteiger partial charge in [-0.2, -0.15) is 0 Å². The predicted molar refractivity (Wildman–Crippen MR) is 74.0 cm³/mol. The number of carboxylic acids is 1. The summed E-state index contributed by atoms with van der Waals surface area (Å²) in [4.78, 5) is 24.2. The molecule has 19 heavy (non-hydrogen) atoms. The molecule has 110 valence electrons. The van der Waals surface area contributed by atoms with Crippen molar-refractivity contribution >= 4 is 33.5 Å². The standard InChI is InChI=1S/C11H19NO5S2/c1-8(2)18-6-10(13)12-3-4-19(16,17)7-9(12)5-11(14)15/h8-9H,3-7H2,1-2H3,(H,14,15). The Morgan fingerprint density at radius 1 is 1.42 bits per heavy atom. The lowest BCUT2D eigenvalue weighted by Gasteiger charge is -2.34. The molecular formula is C11H19NO5S2. The number of carboxylic acid groups (broad SMARTS) is 1. The third-order valence-corrected chi connectivity index (χ3v) is 5.58. The molecule has 0 aromatic carbocycles. The Balaban J connectivity index is 2.73. The zero-order valence-electron chi connectivity index (χ0n) is 11.0. The molecule has 8 heteroatoms. The summed E-state index contributed by atoms with van der Waals surface area (Å²) in [5.74, 6) is -1.34. The average molecular weight is 309 g/mol. The number of carbonyl (C=O) groups is 2.